The summed E-state index contributed by atoms with van der Waals surface area (Å²) < 4.78 is 39.4. The van der Waals surface area contributed by atoms with E-state index < -0.39 is 15.9 Å². The zero-order valence-electron chi connectivity index (χ0n) is 19.3. The molecular formula is C27H26N2O5S. The summed E-state index contributed by atoms with van der Waals surface area (Å²) in [6.07, 6.45) is 1.50. The van der Waals surface area contributed by atoms with Crippen molar-refractivity contribution in [3.05, 3.63) is 108 Å². The van der Waals surface area contributed by atoms with Gasteiger partial charge in [0.15, 0.2) is 4.91 Å². The van der Waals surface area contributed by atoms with Gasteiger partial charge in [0.2, 0.25) is 0 Å². The van der Waals surface area contributed by atoms with Crippen molar-refractivity contribution in [3.63, 3.8) is 0 Å². The molecule has 3 aromatic carbocycles. The van der Waals surface area contributed by atoms with Gasteiger partial charge in [-0.15, -0.1) is 6.58 Å². The molecule has 8 heteroatoms. The lowest BCUT2D eigenvalue weighted by Crippen LogP contribution is -2.42. The first-order chi connectivity index (χ1) is 17.0. The maximum Gasteiger partial charge on any atom is 0.270 e. The van der Waals surface area contributed by atoms with Crippen LogP contribution >= 0.6 is 0 Å². The Morgan fingerprint density at radius 3 is 2.31 bits per heavy atom. The van der Waals surface area contributed by atoms with Gasteiger partial charge in [-0.25, -0.2) is 8.42 Å². The van der Waals surface area contributed by atoms with Gasteiger partial charge in [0.1, 0.15) is 18.1 Å². The van der Waals surface area contributed by atoms with Crippen LogP contribution in [0, 0.1) is 0 Å². The molecule has 35 heavy (non-hydrogen) atoms. The highest BCUT2D eigenvalue weighted by molar-refractivity contribution is 7.97. The number of benzene rings is 3. The zero-order valence-corrected chi connectivity index (χ0v) is 20.1. The lowest BCUT2D eigenvalue weighted by Gasteiger charge is -2.32. The van der Waals surface area contributed by atoms with Gasteiger partial charge < -0.3 is 14.8 Å². The molecule has 4 rings (SSSR count). The number of anilines is 1. The molecule has 0 bridgehead atoms. The first-order valence-electron chi connectivity index (χ1n) is 11.0. The third kappa shape index (κ3) is 4.93. The average Bonchev–Trinajstić information content (AvgIpc) is 2.88. The number of hydrogen-bond acceptors (Lipinski definition) is 5. The Kier molecular flexibility index (Phi) is 7.22. The van der Waals surface area contributed by atoms with Gasteiger partial charge in [0, 0.05) is 11.1 Å². The molecular weight excluding hydrogens is 464 g/mol. The summed E-state index contributed by atoms with van der Waals surface area (Å²) in [7, 11) is -2.58. The number of carbonyl (C=O) groups excluding carboxylic acids is 1. The smallest absolute Gasteiger partial charge is 0.270 e. The Morgan fingerprint density at radius 1 is 0.971 bits per heavy atom. The molecule has 0 spiro atoms. The van der Waals surface area contributed by atoms with Gasteiger partial charge >= 0.3 is 0 Å². The highest BCUT2D eigenvalue weighted by Crippen LogP contribution is 2.42. The van der Waals surface area contributed by atoms with Gasteiger partial charge in [0.05, 0.1) is 25.9 Å². The summed E-state index contributed by atoms with van der Waals surface area (Å²) in [6.45, 7) is 4.02. The molecule has 1 aliphatic rings. The highest BCUT2D eigenvalue weighted by atomic mass is 32.2. The number of fused-ring (bicyclic) bond motifs is 1. The van der Waals surface area contributed by atoms with E-state index in [1.54, 1.807) is 55.6 Å². The molecule has 0 unspecified atom stereocenters. The van der Waals surface area contributed by atoms with Crippen molar-refractivity contribution in [3.8, 4) is 11.5 Å². The summed E-state index contributed by atoms with van der Waals surface area (Å²) in [5.41, 5.74) is 2.18. The van der Waals surface area contributed by atoms with Crippen LogP contribution in [0.1, 0.15) is 11.1 Å². The van der Waals surface area contributed by atoms with Crippen LogP contribution in [0.15, 0.2) is 96.4 Å². The molecule has 0 saturated carbocycles. The minimum Gasteiger partial charge on any atom is -0.497 e. The Balaban J connectivity index is 1.66. The molecule has 180 valence electrons. The van der Waals surface area contributed by atoms with E-state index in [1.165, 1.54) is 10.4 Å². The first kappa shape index (κ1) is 24.1. The summed E-state index contributed by atoms with van der Waals surface area (Å²) in [5, 5.41) is 2.72. The molecule has 7 nitrogen and oxygen atoms in total. The number of carbonyl (C=O) groups is 1. The maximum atomic E-state index is 13.7. The largest absolute Gasteiger partial charge is 0.497 e. The van der Waals surface area contributed by atoms with Crippen molar-refractivity contribution in [2.45, 2.75) is 0 Å². The number of nitrogens with zero attached hydrogens (tertiary/aromatic N) is 1. The molecule has 0 aliphatic carbocycles. The molecule has 0 saturated heterocycles. The standard InChI is InChI=1S/C27H26N2O5S/c1-3-18-29-24-12-8-7-11-23(24)25(20-9-5-4-6-10-20)26(35(29,31)32)27(30)28-17-19-34-22-15-13-21(33-2)14-16-22/h3-16H,1,17-19H2,2H3,(H,28,30). The Labute approximate surface area is 205 Å². The van der Waals surface area contributed by atoms with Crippen LogP contribution in [-0.4, -0.2) is 41.1 Å². The average molecular weight is 491 g/mol. The molecule has 1 amide bonds. The van der Waals surface area contributed by atoms with E-state index in [-0.39, 0.29) is 24.6 Å². The summed E-state index contributed by atoms with van der Waals surface area (Å²) in [4.78, 5) is 13.1. The Bertz CT molecular complexity index is 1350. The minimum absolute atomic E-state index is 0.0405. The van der Waals surface area contributed by atoms with Crippen molar-refractivity contribution in [1.29, 1.82) is 0 Å². The second-order valence-corrected chi connectivity index (χ2v) is 9.49. The molecule has 3 aromatic rings. The monoisotopic (exact) mass is 490 g/mol. The number of nitrogens with one attached hydrogen (secondary N) is 1. The molecule has 1 N–H and O–H groups in total. The van der Waals surface area contributed by atoms with Crippen LogP contribution < -0.4 is 19.1 Å². The normalized spacial score (nSPS) is 14.1. The van der Waals surface area contributed by atoms with Crippen molar-refractivity contribution in [2.75, 3.05) is 31.1 Å². The van der Waals surface area contributed by atoms with Crippen LogP contribution in [0.25, 0.3) is 5.57 Å². The highest BCUT2D eigenvalue weighted by Gasteiger charge is 2.40. The lowest BCUT2D eigenvalue weighted by molar-refractivity contribution is -0.116. The summed E-state index contributed by atoms with van der Waals surface area (Å²) in [6, 6.07) is 23.3. The fourth-order valence-corrected chi connectivity index (χ4v) is 5.65. The van der Waals surface area contributed by atoms with Crippen LogP contribution in [0.5, 0.6) is 11.5 Å². The number of sulfonamides is 1. The van der Waals surface area contributed by atoms with E-state index in [9.17, 15) is 13.2 Å². The van der Waals surface area contributed by atoms with Gasteiger partial charge in [-0.1, -0.05) is 54.6 Å². The predicted octanol–water partition coefficient (Wildman–Crippen LogP) is 3.99. The SMILES string of the molecule is C=CCN1c2ccccc2C(c2ccccc2)=C(C(=O)NCCOc2ccc(OC)cc2)S1(=O)=O. The second kappa shape index (κ2) is 10.5. The van der Waals surface area contributed by atoms with Crippen molar-refractivity contribution >= 4 is 27.2 Å². The van der Waals surface area contributed by atoms with E-state index in [0.717, 1.165) is 0 Å². The molecule has 0 radical (unpaired) electrons. The van der Waals surface area contributed by atoms with E-state index in [4.69, 9.17) is 9.47 Å². The number of methoxy groups -OCH3 is 1. The summed E-state index contributed by atoms with van der Waals surface area (Å²) >= 11 is 0. The third-order valence-electron chi connectivity index (χ3n) is 5.50. The Morgan fingerprint density at radius 2 is 1.63 bits per heavy atom. The maximum absolute atomic E-state index is 13.7. The van der Waals surface area contributed by atoms with Gasteiger partial charge in [-0.05, 0) is 35.9 Å². The molecule has 0 fully saturated rings. The first-order valence-corrected chi connectivity index (χ1v) is 12.5. The van der Waals surface area contributed by atoms with E-state index >= 15 is 0 Å². The van der Waals surface area contributed by atoms with Gasteiger partial charge in [0.25, 0.3) is 15.9 Å². The molecule has 1 aliphatic heterocycles. The third-order valence-corrected chi connectivity index (χ3v) is 7.33. The second-order valence-electron chi connectivity index (χ2n) is 7.69. The van der Waals surface area contributed by atoms with Crippen molar-refractivity contribution in [1.82, 2.24) is 5.32 Å². The topological polar surface area (TPSA) is 84.9 Å². The molecule has 0 aromatic heterocycles. The number of para-hydroxylation sites is 1. The van der Waals surface area contributed by atoms with Gasteiger partial charge in [-0.3, -0.25) is 9.10 Å². The fraction of sp³-hybridized carbons (Fsp3) is 0.148. The van der Waals surface area contributed by atoms with Crippen molar-refractivity contribution < 1.29 is 22.7 Å². The summed E-state index contributed by atoms with van der Waals surface area (Å²) in [5.74, 6) is 0.629. The lowest BCUT2D eigenvalue weighted by atomic mass is 9.95. The van der Waals surface area contributed by atoms with E-state index in [1.807, 2.05) is 30.3 Å². The number of amides is 1. The predicted molar refractivity (Wildman–Crippen MR) is 137 cm³/mol. The zero-order chi connectivity index (χ0) is 24.8. The Hall–Kier alpha value is -4.04. The van der Waals surface area contributed by atoms with E-state index in [2.05, 4.69) is 11.9 Å². The van der Waals surface area contributed by atoms with E-state index in [0.29, 0.717) is 33.9 Å². The van der Waals surface area contributed by atoms with Crippen LogP contribution in [0.4, 0.5) is 5.69 Å². The van der Waals surface area contributed by atoms with Crippen molar-refractivity contribution in [2.24, 2.45) is 0 Å². The van der Waals surface area contributed by atoms with Crippen LogP contribution in [0.2, 0.25) is 0 Å². The molecule has 0 atom stereocenters. The van der Waals surface area contributed by atoms with Crippen LogP contribution in [0.3, 0.4) is 0 Å². The molecule has 1 heterocycles. The quantitative estimate of drug-likeness (QED) is 0.362. The van der Waals surface area contributed by atoms with Crippen LogP contribution in [-0.2, 0) is 14.8 Å². The van der Waals surface area contributed by atoms with Gasteiger partial charge in [-0.2, -0.15) is 0 Å². The minimum atomic E-state index is -4.16. The number of ether oxygens (including phenoxy) is 2. The number of rotatable bonds is 9. The number of hydrogen-bond donors (Lipinski definition) is 1. The fourth-order valence-electron chi connectivity index (χ4n) is 3.91.